The van der Waals surface area contributed by atoms with Crippen molar-refractivity contribution in [3.63, 3.8) is 0 Å². The molecule has 0 saturated carbocycles. The Morgan fingerprint density at radius 2 is 1.78 bits per heavy atom. The number of unbranched alkanes of at least 4 members (excludes halogenated alkanes) is 1. The molecule has 0 aliphatic rings. The lowest BCUT2D eigenvalue weighted by molar-refractivity contribution is 0.364. The fourth-order valence-electron chi connectivity index (χ4n) is 1.52. The van der Waals surface area contributed by atoms with Crippen molar-refractivity contribution in [3.8, 4) is 11.8 Å². The van der Waals surface area contributed by atoms with Gasteiger partial charge < -0.3 is 9.47 Å². The summed E-state index contributed by atoms with van der Waals surface area (Å²) >= 11 is 1.51. The van der Waals surface area contributed by atoms with E-state index in [1.165, 1.54) is 11.8 Å². The van der Waals surface area contributed by atoms with Crippen LogP contribution in [0.2, 0.25) is 0 Å². The SMILES string of the molecule is CCCC=NN=CC(Sc1nc(OC)cc(OC)n1)C(C)(C)C. The van der Waals surface area contributed by atoms with Gasteiger partial charge in [0.15, 0.2) is 5.16 Å². The van der Waals surface area contributed by atoms with E-state index in [9.17, 15) is 0 Å². The first kappa shape index (κ1) is 19.4. The normalized spacial score (nSPS) is 13.7. The number of rotatable bonds is 8. The lowest BCUT2D eigenvalue weighted by Gasteiger charge is -2.25. The molecular formula is C16H26N4O2S. The van der Waals surface area contributed by atoms with Gasteiger partial charge in [-0.2, -0.15) is 20.2 Å². The minimum absolute atomic E-state index is 0.0197. The predicted molar refractivity (Wildman–Crippen MR) is 96.1 cm³/mol. The molecule has 1 heterocycles. The van der Waals surface area contributed by atoms with E-state index in [0.717, 1.165) is 12.8 Å². The molecule has 0 aliphatic heterocycles. The maximum absolute atomic E-state index is 5.19. The van der Waals surface area contributed by atoms with Crippen LogP contribution < -0.4 is 9.47 Å². The third-order valence-corrected chi connectivity index (χ3v) is 4.41. The van der Waals surface area contributed by atoms with Gasteiger partial charge in [-0.3, -0.25) is 0 Å². The van der Waals surface area contributed by atoms with Crippen LogP contribution in [0, 0.1) is 5.41 Å². The maximum Gasteiger partial charge on any atom is 0.220 e. The van der Waals surface area contributed by atoms with E-state index >= 15 is 0 Å². The predicted octanol–water partition coefficient (Wildman–Crippen LogP) is 3.86. The summed E-state index contributed by atoms with van der Waals surface area (Å²) in [4.78, 5) is 8.72. The monoisotopic (exact) mass is 338 g/mol. The minimum Gasteiger partial charge on any atom is -0.481 e. The molecule has 0 amide bonds. The highest BCUT2D eigenvalue weighted by Gasteiger charge is 2.26. The second-order valence-corrected chi connectivity index (χ2v) is 7.10. The first-order valence-electron chi connectivity index (χ1n) is 7.59. The van der Waals surface area contributed by atoms with Crippen molar-refractivity contribution in [2.75, 3.05) is 14.2 Å². The molecule has 1 aromatic heterocycles. The highest BCUT2D eigenvalue weighted by atomic mass is 32.2. The van der Waals surface area contributed by atoms with Crippen LogP contribution in [0.1, 0.15) is 40.5 Å². The van der Waals surface area contributed by atoms with Crippen molar-refractivity contribution >= 4 is 24.2 Å². The Kier molecular flexibility index (Phi) is 8.02. The topological polar surface area (TPSA) is 69.0 Å². The van der Waals surface area contributed by atoms with E-state index in [0.29, 0.717) is 16.9 Å². The fourth-order valence-corrected chi connectivity index (χ4v) is 2.50. The molecule has 128 valence electrons. The Bertz CT molecular complexity index is 519. The first-order chi connectivity index (χ1) is 10.9. The molecule has 23 heavy (non-hydrogen) atoms. The largest absolute Gasteiger partial charge is 0.481 e. The quantitative estimate of drug-likeness (QED) is 0.311. The Morgan fingerprint density at radius 1 is 1.17 bits per heavy atom. The summed E-state index contributed by atoms with van der Waals surface area (Å²) < 4.78 is 10.4. The van der Waals surface area contributed by atoms with Crippen LogP contribution in [0.4, 0.5) is 0 Å². The summed E-state index contributed by atoms with van der Waals surface area (Å²) in [7, 11) is 3.14. The molecule has 0 radical (unpaired) electrons. The van der Waals surface area contributed by atoms with Crippen LogP contribution in [0.5, 0.6) is 11.8 Å². The van der Waals surface area contributed by atoms with Crippen LogP contribution in [0.25, 0.3) is 0 Å². The van der Waals surface area contributed by atoms with Crippen LogP contribution in [0.15, 0.2) is 21.4 Å². The summed E-state index contributed by atoms with van der Waals surface area (Å²) in [6.45, 7) is 8.54. The van der Waals surface area contributed by atoms with Crippen LogP contribution in [-0.4, -0.2) is 41.9 Å². The lowest BCUT2D eigenvalue weighted by Crippen LogP contribution is -2.24. The Hall–Kier alpha value is -1.63. The zero-order valence-corrected chi connectivity index (χ0v) is 15.6. The van der Waals surface area contributed by atoms with Gasteiger partial charge in [0.2, 0.25) is 11.8 Å². The molecule has 0 bridgehead atoms. The van der Waals surface area contributed by atoms with Gasteiger partial charge in [-0.25, -0.2) is 0 Å². The molecule has 0 aliphatic carbocycles. The van der Waals surface area contributed by atoms with E-state index in [2.05, 4.69) is 47.9 Å². The fraction of sp³-hybridized carbons (Fsp3) is 0.625. The van der Waals surface area contributed by atoms with Gasteiger partial charge in [0.25, 0.3) is 0 Å². The number of hydrogen-bond acceptors (Lipinski definition) is 7. The summed E-state index contributed by atoms with van der Waals surface area (Å²) in [5, 5.41) is 8.88. The molecule has 0 fully saturated rings. The summed E-state index contributed by atoms with van der Waals surface area (Å²) in [6, 6.07) is 1.65. The van der Waals surface area contributed by atoms with Crippen molar-refractivity contribution in [3.05, 3.63) is 6.07 Å². The third-order valence-electron chi connectivity index (χ3n) is 2.93. The summed E-state index contributed by atoms with van der Waals surface area (Å²) in [5.74, 6) is 0.954. The lowest BCUT2D eigenvalue weighted by atomic mass is 9.92. The first-order valence-corrected chi connectivity index (χ1v) is 8.47. The van der Waals surface area contributed by atoms with Gasteiger partial charge >= 0.3 is 0 Å². The average molecular weight is 338 g/mol. The van der Waals surface area contributed by atoms with Crippen LogP contribution in [-0.2, 0) is 0 Å². The molecule has 0 N–H and O–H groups in total. The molecule has 1 aromatic rings. The van der Waals surface area contributed by atoms with E-state index in [1.54, 1.807) is 20.3 Å². The van der Waals surface area contributed by atoms with Gasteiger partial charge in [0.1, 0.15) is 0 Å². The highest BCUT2D eigenvalue weighted by molar-refractivity contribution is 8.00. The van der Waals surface area contributed by atoms with Crippen molar-refractivity contribution in [2.45, 2.75) is 50.9 Å². The van der Waals surface area contributed by atoms with Crippen molar-refractivity contribution in [2.24, 2.45) is 15.6 Å². The minimum atomic E-state index is -0.0197. The molecular weight excluding hydrogens is 312 g/mol. The van der Waals surface area contributed by atoms with E-state index in [-0.39, 0.29) is 10.7 Å². The van der Waals surface area contributed by atoms with Crippen molar-refractivity contribution < 1.29 is 9.47 Å². The smallest absolute Gasteiger partial charge is 0.220 e. The second kappa shape index (κ2) is 9.50. The standard InChI is InChI=1S/C16H26N4O2S/c1-7-8-9-17-18-11-12(16(2,3)4)23-15-19-13(21-5)10-14(20-15)22-6/h9-12H,7-8H2,1-6H3. The molecule has 1 unspecified atom stereocenters. The summed E-state index contributed by atoms with van der Waals surface area (Å²) in [5.41, 5.74) is -0.0197. The zero-order valence-electron chi connectivity index (χ0n) is 14.7. The highest BCUT2D eigenvalue weighted by Crippen LogP contribution is 2.34. The number of ether oxygens (including phenoxy) is 2. The number of hydrogen-bond donors (Lipinski definition) is 0. The zero-order chi connectivity index (χ0) is 17.3. The van der Waals surface area contributed by atoms with Crippen LogP contribution >= 0.6 is 11.8 Å². The molecule has 0 spiro atoms. The Labute approximate surface area is 142 Å². The number of aromatic nitrogens is 2. The van der Waals surface area contributed by atoms with Gasteiger partial charge in [-0.1, -0.05) is 45.9 Å². The van der Waals surface area contributed by atoms with Crippen molar-refractivity contribution in [1.82, 2.24) is 9.97 Å². The number of thioether (sulfide) groups is 1. The number of methoxy groups -OCH3 is 2. The van der Waals surface area contributed by atoms with E-state index in [1.807, 2.05) is 12.4 Å². The molecule has 0 saturated heterocycles. The van der Waals surface area contributed by atoms with Gasteiger partial charge in [0.05, 0.1) is 25.5 Å². The molecule has 7 heteroatoms. The molecule has 1 atom stereocenters. The molecule has 6 nitrogen and oxygen atoms in total. The molecule has 1 rings (SSSR count). The third kappa shape index (κ3) is 6.99. The second-order valence-electron chi connectivity index (χ2n) is 5.99. The molecule has 0 aromatic carbocycles. The number of nitrogens with zero attached hydrogens (tertiary/aromatic N) is 4. The van der Waals surface area contributed by atoms with E-state index in [4.69, 9.17) is 9.47 Å². The van der Waals surface area contributed by atoms with E-state index < -0.39 is 0 Å². The average Bonchev–Trinajstić information content (AvgIpc) is 2.52. The van der Waals surface area contributed by atoms with Gasteiger partial charge in [-0.05, 0) is 11.8 Å². The van der Waals surface area contributed by atoms with Crippen LogP contribution in [0.3, 0.4) is 0 Å². The van der Waals surface area contributed by atoms with Gasteiger partial charge in [-0.15, -0.1) is 0 Å². The Balaban J connectivity index is 2.93. The summed E-state index contributed by atoms with van der Waals surface area (Å²) in [6.07, 6.45) is 5.66. The van der Waals surface area contributed by atoms with Crippen molar-refractivity contribution in [1.29, 1.82) is 0 Å². The van der Waals surface area contributed by atoms with Gasteiger partial charge in [0, 0.05) is 12.4 Å². The maximum atomic E-state index is 5.19. The Morgan fingerprint density at radius 3 is 2.26 bits per heavy atom.